The van der Waals surface area contributed by atoms with Gasteiger partial charge in [-0.3, -0.25) is 4.79 Å². The van der Waals surface area contributed by atoms with E-state index in [9.17, 15) is 4.79 Å². The van der Waals surface area contributed by atoms with Crippen molar-refractivity contribution < 1.29 is 9.53 Å². The van der Waals surface area contributed by atoms with E-state index in [-0.39, 0.29) is 16.8 Å². The summed E-state index contributed by atoms with van der Waals surface area (Å²) in [7, 11) is 1.63. The van der Waals surface area contributed by atoms with Gasteiger partial charge in [-0.15, -0.1) is 0 Å². The zero-order chi connectivity index (χ0) is 10.1. The molecule has 0 spiro atoms. The Morgan fingerprint density at radius 3 is 2.43 bits per heavy atom. The van der Waals surface area contributed by atoms with Crippen LogP contribution >= 0.6 is 15.9 Å². The Hall–Kier alpha value is -1.03. The number of rotatable bonds is 2. The quantitative estimate of drug-likeness (QED) is 0.645. The molecule has 0 bridgehead atoms. The second kappa shape index (κ2) is 3.61. The molecule has 1 fully saturated rings. The summed E-state index contributed by atoms with van der Waals surface area (Å²) in [6, 6.07) is 7.78. The summed E-state index contributed by atoms with van der Waals surface area (Å²) < 4.78 is 5.05. The molecular weight excluding hydrogens is 246 g/mol. The van der Waals surface area contributed by atoms with Crippen LogP contribution in [0.3, 0.4) is 0 Å². The first kappa shape index (κ1) is 9.52. The molecule has 2 atom stereocenters. The minimum Gasteiger partial charge on any atom is -0.497 e. The van der Waals surface area contributed by atoms with E-state index in [4.69, 9.17) is 4.74 Å². The van der Waals surface area contributed by atoms with Gasteiger partial charge in [0.1, 0.15) is 10.6 Å². The molecule has 2 rings (SSSR count). The van der Waals surface area contributed by atoms with Crippen molar-refractivity contribution in [1.82, 2.24) is 5.32 Å². The monoisotopic (exact) mass is 255 g/mol. The number of nitrogens with one attached hydrogen (secondary N) is 1. The maximum atomic E-state index is 11.0. The van der Waals surface area contributed by atoms with E-state index in [0.29, 0.717) is 0 Å². The third-order valence-electron chi connectivity index (χ3n) is 2.32. The number of halogens is 1. The minimum atomic E-state index is -0.101. The van der Waals surface area contributed by atoms with Crippen molar-refractivity contribution in [2.24, 2.45) is 0 Å². The Kier molecular flexibility index (Phi) is 2.46. The number of carbonyl (C=O) groups excluding carboxylic acids is 1. The average molecular weight is 256 g/mol. The van der Waals surface area contributed by atoms with Crippen LogP contribution in [0.4, 0.5) is 0 Å². The van der Waals surface area contributed by atoms with E-state index < -0.39 is 0 Å². The van der Waals surface area contributed by atoms with Crippen molar-refractivity contribution in [3.63, 3.8) is 0 Å². The van der Waals surface area contributed by atoms with Gasteiger partial charge >= 0.3 is 0 Å². The summed E-state index contributed by atoms with van der Waals surface area (Å²) in [6.45, 7) is 0. The number of ether oxygens (including phenoxy) is 1. The van der Waals surface area contributed by atoms with E-state index in [1.54, 1.807) is 7.11 Å². The zero-order valence-corrected chi connectivity index (χ0v) is 9.24. The number of hydrogen-bond donors (Lipinski definition) is 1. The number of alkyl halides is 1. The lowest BCUT2D eigenvalue weighted by molar-refractivity contribution is -0.127. The Bertz CT molecular complexity index is 350. The van der Waals surface area contributed by atoms with Crippen LogP contribution < -0.4 is 10.1 Å². The summed E-state index contributed by atoms with van der Waals surface area (Å²) in [5.74, 6) is 0.872. The molecule has 0 radical (unpaired) electrons. The van der Waals surface area contributed by atoms with E-state index in [1.807, 2.05) is 24.3 Å². The van der Waals surface area contributed by atoms with Crippen LogP contribution in [-0.2, 0) is 4.79 Å². The molecule has 0 aromatic heterocycles. The summed E-state index contributed by atoms with van der Waals surface area (Å²) in [5, 5.41) is 2.82. The standard InChI is InChI=1S/C10H10BrNO2/c1-14-7-4-2-6(3-5-7)9-8(11)10(13)12-9/h2-5,8-9H,1H3,(H,12,13)/t8-,9-/m1/s1. The Morgan fingerprint density at radius 2 is 2.00 bits per heavy atom. The van der Waals surface area contributed by atoms with Crippen molar-refractivity contribution >= 4 is 21.8 Å². The lowest BCUT2D eigenvalue weighted by Crippen LogP contribution is -2.52. The van der Waals surface area contributed by atoms with Crippen LogP contribution in [0.1, 0.15) is 11.6 Å². The molecule has 0 aliphatic carbocycles. The summed E-state index contributed by atoms with van der Waals surface area (Å²) in [6.07, 6.45) is 0. The minimum absolute atomic E-state index is 0.0471. The number of β-lactam (4-membered cyclic amide) rings is 1. The maximum absolute atomic E-state index is 11.0. The predicted molar refractivity (Wildman–Crippen MR) is 56.6 cm³/mol. The Balaban J connectivity index is 2.14. The van der Waals surface area contributed by atoms with E-state index in [1.165, 1.54) is 0 Å². The van der Waals surface area contributed by atoms with Gasteiger partial charge in [-0.1, -0.05) is 28.1 Å². The highest BCUT2D eigenvalue weighted by atomic mass is 79.9. The third-order valence-corrected chi connectivity index (χ3v) is 3.26. The predicted octanol–water partition coefficient (Wildman–Crippen LogP) is 1.63. The Labute approximate surface area is 90.6 Å². The molecule has 3 nitrogen and oxygen atoms in total. The van der Waals surface area contributed by atoms with Crippen LogP contribution in [0.15, 0.2) is 24.3 Å². The number of carbonyl (C=O) groups is 1. The summed E-state index contributed by atoms with van der Waals surface area (Å²) >= 11 is 3.32. The maximum Gasteiger partial charge on any atom is 0.236 e. The topological polar surface area (TPSA) is 38.3 Å². The van der Waals surface area contributed by atoms with Gasteiger partial charge in [-0.25, -0.2) is 0 Å². The molecule has 1 aliphatic rings. The van der Waals surface area contributed by atoms with Crippen LogP contribution in [0, 0.1) is 0 Å². The fraction of sp³-hybridized carbons (Fsp3) is 0.300. The first-order valence-electron chi connectivity index (χ1n) is 4.31. The van der Waals surface area contributed by atoms with Gasteiger partial charge in [0.2, 0.25) is 5.91 Å². The largest absolute Gasteiger partial charge is 0.497 e. The Morgan fingerprint density at radius 1 is 1.36 bits per heavy atom. The molecule has 74 valence electrons. The molecule has 14 heavy (non-hydrogen) atoms. The van der Waals surface area contributed by atoms with E-state index in [0.717, 1.165) is 11.3 Å². The van der Waals surface area contributed by atoms with Crippen molar-refractivity contribution in [2.45, 2.75) is 10.9 Å². The fourth-order valence-electron chi connectivity index (χ4n) is 1.42. The van der Waals surface area contributed by atoms with Crippen LogP contribution in [-0.4, -0.2) is 17.8 Å². The molecule has 0 unspecified atom stereocenters. The number of methoxy groups -OCH3 is 1. The SMILES string of the molecule is COc1ccc([C@H]2NC(=O)[C@@H]2Br)cc1. The van der Waals surface area contributed by atoms with Gasteiger partial charge in [-0.2, -0.15) is 0 Å². The molecule has 0 saturated carbocycles. The van der Waals surface area contributed by atoms with Gasteiger partial charge < -0.3 is 10.1 Å². The number of amides is 1. The second-order valence-electron chi connectivity index (χ2n) is 3.16. The van der Waals surface area contributed by atoms with Crippen LogP contribution in [0.25, 0.3) is 0 Å². The average Bonchev–Trinajstić information content (AvgIpc) is 2.25. The molecule has 1 aromatic carbocycles. The van der Waals surface area contributed by atoms with Gasteiger partial charge in [0.25, 0.3) is 0 Å². The van der Waals surface area contributed by atoms with Gasteiger partial charge in [0.15, 0.2) is 0 Å². The number of hydrogen-bond acceptors (Lipinski definition) is 2. The van der Waals surface area contributed by atoms with Crippen molar-refractivity contribution in [3.05, 3.63) is 29.8 Å². The van der Waals surface area contributed by atoms with Gasteiger partial charge in [0, 0.05) is 0 Å². The first-order valence-corrected chi connectivity index (χ1v) is 5.22. The molecule has 1 heterocycles. The van der Waals surface area contributed by atoms with Crippen molar-refractivity contribution in [2.75, 3.05) is 7.11 Å². The van der Waals surface area contributed by atoms with Crippen LogP contribution in [0.5, 0.6) is 5.75 Å². The lowest BCUT2D eigenvalue weighted by Gasteiger charge is -2.33. The molecule has 1 aromatic rings. The molecule has 1 amide bonds. The smallest absolute Gasteiger partial charge is 0.236 e. The van der Waals surface area contributed by atoms with Gasteiger partial charge in [0.05, 0.1) is 13.2 Å². The first-order chi connectivity index (χ1) is 6.72. The second-order valence-corrected chi connectivity index (χ2v) is 4.15. The van der Waals surface area contributed by atoms with Crippen molar-refractivity contribution in [1.29, 1.82) is 0 Å². The lowest BCUT2D eigenvalue weighted by atomic mass is 9.97. The molecule has 1 aliphatic heterocycles. The highest BCUT2D eigenvalue weighted by Crippen LogP contribution is 2.30. The fourth-order valence-corrected chi connectivity index (χ4v) is 1.99. The van der Waals surface area contributed by atoms with E-state index in [2.05, 4.69) is 21.2 Å². The number of benzene rings is 1. The molecule has 4 heteroatoms. The highest BCUT2D eigenvalue weighted by Gasteiger charge is 2.37. The van der Waals surface area contributed by atoms with Crippen molar-refractivity contribution in [3.8, 4) is 5.75 Å². The summed E-state index contributed by atoms with van der Waals surface area (Å²) in [4.78, 5) is 10.9. The third kappa shape index (κ3) is 1.50. The molecule has 1 saturated heterocycles. The molecular formula is C10H10BrNO2. The summed E-state index contributed by atoms with van der Waals surface area (Å²) in [5.41, 5.74) is 1.09. The van der Waals surface area contributed by atoms with Gasteiger partial charge in [-0.05, 0) is 17.7 Å². The van der Waals surface area contributed by atoms with Crippen LogP contribution in [0.2, 0.25) is 0 Å². The normalized spacial score (nSPS) is 25.1. The van der Waals surface area contributed by atoms with E-state index >= 15 is 0 Å². The highest BCUT2D eigenvalue weighted by molar-refractivity contribution is 9.10. The molecule has 1 N–H and O–H groups in total. The zero-order valence-electron chi connectivity index (χ0n) is 7.66.